The number of nitrogens with one attached hydrogen (secondary N) is 3. The highest BCUT2D eigenvalue weighted by atomic mass is 16.4. The van der Waals surface area contributed by atoms with Crippen molar-refractivity contribution in [1.82, 2.24) is 20.9 Å². The second-order valence-electron chi connectivity index (χ2n) is 6.80. The zero-order chi connectivity index (χ0) is 23.2. The summed E-state index contributed by atoms with van der Waals surface area (Å²) in [6.45, 7) is 1.97. The summed E-state index contributed by atoms with van der Waals surface area (Å²) in [6.07, 6.45) is 2.69. The van der Waals surface area contributed by atoms with Gasteiger partial charge >= 0.3 is 18.0 Å². The number of carbonyl (C=O) groups excluding carboxylic acids is 2. The third-order valence-corrected chi connectivity index (χ3v) is 4.19. The number of rotatable bonds is 13. The number of hydrogen-bond acceptors (Lipinski definition) is 7. The van der Waals surface area contributed by atoms with Crippen molar-refractivity contribution in [3.8, 4) is 0 Å². The van der Waals surface area contributed by atoms with Crippen LogP contribution in [0.4, 0.5) is 10.6 Å². The van der Waals surface area contributed by atoms with E-state index in [4.69, 9.17) is 5.11 Å². The molecule has 0 saturated heterocycles. The Morgan fingerprint density at radius 2 is 1.84 bits per heavy atom. The number of aromatic nitrogens is 1. The second-order valence-corrected chi connectivity index (χ2v) is 6.80. The van der Waals surface area contributed by atoms with E-state index in [0.717, 1.165) is 0 Å². The molecular formula is C19H28N6O6. The number of carboxylic acids is 2. The lowest BCUT2D eigenvalue weighted by molar-refractivity contribution is -0.139. The van der Waals surface area contributed by atoms with Crippen LogP contribution >= 0.6 is 0 Å². The van der Waals surface area contributed by atoms with Gasteiger partial charge in [-0.05, 0) is 44.7 Å². The highest BCUT2D eigenvalue weighted by Gasteiger charge is 2.20. The molecule has 1 heterocycles. The minimum absolute atomic E-state index is 0.0976. The van der Waals surface area contributed by atoms with Gasteiger partial charge in [0, 0.05) is 32.3 Å². The Morgan fingerprint density at radius 3 is 2.42 bits per heavy atom. The summed E-state index contributed by atoms with van der Waals surface area (Å²) in [4.78, 5) is 49.9. The molecule has 0 aliphatic heterocycles. The Morgan fingerprint density at radius 1 is 1.10 bits per heavy atom. The fraction of sp³-hybridized carbons (Fsp3) is 0.526. The Balaban J connectivity index is 2.33. The van der Waals surface area contributed by atoms with Gasteiger partial charge < -0.3 is 26.2 Å². The van der Waals surface area contributed by atoms with Crippen LogP contribution in [0.3, 0.4) is 0 Å². The van der Waals surface area contributed by atoms with Crippen LogP contribution in [0, 0.1) is 0 Å². The van der Waals surface area contributed by atoms with Crippen molar-refractivity contribution in [2.24, 2.45) is 10.2 Å². The van der Waals surface area contributed by atoms with Crippen molar-refractivity contribution in [3.63, 3.8) is 0 Å². The van der Waals surface area contributed by atoms with Crippen LogP contribution in [-0.4, -0.2) is 64.8 Å². The number of amides is 3. The van der Waals surface area contributed by atoms with E-state index in [1.165, 1.54) is 13.2 Å². The number of carboxylic acid groups (broad SMARTS) is 2. The third-order valence-electron chi connectivity index (χ3n) is 4.19. The van der Waals surface area contributed by atoms with E-state index in [1.807, 2.05) is 0 Å². The molecule has 5 N–H and O–H groups in total. The highest BCUT2D eigenvalue weighted by Crippen LogP contribution is 2.09. The normalized spacial score (nSPS) is 12.7. The number of azo groups is 1. The molecule has 1 aromatic heterocycles. The lowest BCUT2D eigenvalue weighted by atomic mass is 10.1. The molecule has 2 unspecified atom stereocenters. The van der Waals surface area contributed by atoms with Gasteiger partial charge in [0.15, 0.2) is 5.82 Å². The van der Waals surface area contributed by atoms with Gasteiger partial charge in [-0.25, -0.2) is 14.6 Å². The third kappa shape index (κ3) is 10.7. The van der Waals surface area contributed by atoms with Crippen molar-refractivity contribution >= 4 is 29.7 Å². The summed E-state index contributed by atoms with van der Waals surface area (Å²) in [5.41, 5.74) is 0.369. The van der Waals surface area contributed by atoms with E-state index in [2.05, 4.69) is 31.2 Å². The van der Waals surface area contributed by atoms with E-state index in [-0.39, 0.29) is 25.2 Å². The summed E-state index contributed by atoms with van der Waals surface area (Å²) in [5.74, 6) is -2.06. The van der Waals surface area contributed by atoms with E-state index in [0.29, 0.717) is 30.8 Å². The maximum atomic E-state index is 12.1. The number of nitrogens with zero attached hydrogens (tertiary/aromatic N) is 3. The van der Waals surface area contributed by atoms with Crippen molar-refractivity contribution < 1.29 is 29.4 Å². The zero-order valence-corrected chi connectivity index (χ0v) is 17.5. The van der Waals surface area contributed by atoms with Crippen molar-refractivity contribution in [2.75, 3.05) is 13.6 Å². The molecule has 0 aromatic carbocycles. The molecular weight excluding hydrogens is 408 g/mol. The van der Waals surface area contributed by atoms with Crippen LogP contribution in [-0.2, 0) is 9.59 Å². The Bertz CT molecular complexity index is 783. The second kappa shape index (κ2) is 13.6. The number of urea groups is 1. The van der Waals surface area contributed by atoms with Gasteiger partial charge in [0.25, 0.3) is 5.91 Å². The van der Waals surface area contributed by atoms with Gasteiger partial charge in [0.2, 0.25) is 0 Å². The van der Waals surface area contributed by atoms with Crippen molar-refractivity contribution in [1.29, 1.82) is 0 Å². The summed E-state index contributed by atoms with van der Waals surface area (Å²) in [5, 5.41) is 32.9. The molecule has 0 fully saturated rings. The van der Waals surface area contributed by atoms with Crippen LogP contribution in [0.2, 0.25) is 0 Å². The lowest BCUT2D eigenvalue weighted by Crippen LogP contribution is -2.48. The smallest absolute Gasteiger partial charge is 0.326 e. The Labute approximate surface area is 179 Å². The fourth-order valence-electron chi connectivity index (χ4n) is 2.55. The molecule has 31 heavy (non-hydrogen) atoms. The maximum Gasteiger partial charge on any atom is 0.326 e. The van der Waals surface area contributed by atoms with E-state index < -0.39 is 30.1 Å². The predicted molar refractivity (Wildman–Crippen MR) is 110 cm³/mol. The first kappa shape index (κ1) is 25.5. The van der Waals surface area contributed by atoms with Gasteiger partial charge in [0.05, 0.1) is 5.56 Å². The van der Waals surface area contributed by atoms with Crippen LogP contribution in [0.25, 0.3) is 0 Å². The van der Waals surface area contributed by atoms with Crippen molar-refractivity contribution in [2.45, 2.75) is 51.1 Å². The van der Waals surface area contributed by atoms with Crippen LogP contribution in [0.15, 0.2) is 28.6 Å². The first-order valence-corrected chi connectivity index (χ1v) is 9.78. The predicted octanol–water partition coefficient (Wildman–Crippen LogP) is 1.70. The number of aliphatic carboxylic acids is 2. The number of unbranched alkanes of at least 4 members (excludes halogenated alkanes) is 1. The van der Waals surface area contributed by atoms with Crippen LogP contribution in [0.1, 0.15) is 49.4 Å². The molecule has 1 aromatic rings. The van der Waals surface area contributed by atoms with Gasteiger partial charge in [-0.3, -0.25) is 9.59 Å². The van der Waals surface area contributed by atoms with Gasteiger partial charge in [-0.1, -0.05) is 0 Å². The van der Waals surface area contributed by atoms with Crippen LogP contribution < -0.4 is 16.0 Å². The average Bonchev–Trinajstić information content (AvgIpc) is 2.71. The molecule has 0 bridgehead atoms. The number of carbonyl (C=O) groups is 4. The highest BCUT2D eigenvalue weighted by molar-refractivity contribution is 5.93. The maximum absolute atomic E-state index is 12.1. The minimum atomic E-state index is -1.17. The quantitative estimate of drug-likeness (QED) is 0.230. The monoisotopic (exact) mass is 436 g/mol. The number of hydrogen-bond donors (Lipinski definition) is 5. The lowest BCUT2D eigenvalue weighted by Gasteiger charge is -2.18. The molecule has 170 valence electrons. The minimum Gasteiger partial charge on any atom is -0.481 e. The molecule has 0 saturated carbocycles. The molecule has 0 spiro atoms. The molecule has 3 amide bonds. The zero-order valence-electron chi connectivity index (χ0n) is 17.5. The Kier molecular flexibility index (Phi) is 11.2. The van der Waals surface area contributed by atoms with Gasteiger partial charge in [-0.15, -0.1) is 5.11 Å². The molecule has 0 aliphatic carbocycles. The SMILES string of the molecule is CN=Nc1ccc(C(=O)NCCCCC(NC(=O)NC(C)CCC(=O)O)C(=O)O)cn1. The summed E-state index contributed by atoms with van der Waals surface area (Å²) >= 11 is 0. The fourth-order valence-corrected chi connectivity index (χ4v) is 2.55. The molecule has 12 nitrogen and oxygen atoms in total. The molecule has 0 aliphatic rings. The van der Waals surface area contributed by atoms with Crippen LogP contribution in [0.5, 0.6) is 0 Å². The standard InChI is InChI=1S/C19H28N6O6/c1-12(6-9-16(26)27)23-19(31)24-14(18(29)30)5-3-4-10-21-17(28)13-7-8-15(22-11-13)25-20-2/h7-8,11-12,14H,3-6,9-10H2,1-2H3,(H,21,28)(H,26,27)(H,29,30)(H2,23,24,31). The van der Waals surface area contributed by atoms with E-state index in [9.17, 15) is 24.3 Å². The van der Waals surface area contributed by atoms with E-state index >= 15 is 0 Å². The first-order valence-electron chi connectivity index (χ1n) is 9.78. The van der Waals surface area contributed by atoms with E-state index in [1.54, 1.807) is 19.1 Å². The average molecular weight is 436 g/mol. The molecule has 2 atom stereocenters. The summed E-state index contributed by atoms with van der Waals surface area (Å²) < 4.78 is 0. The Hall–Kier alpha value is -3.57. The van der Waals surface area contributed by atoms with Crippen molar-refractivity contribution in [3.05, 3.63) is 23.9 Å². The first-order chi connectivity index (χ1) is 14.7. The van der Waals surface area contributed by atoms with Gasteiger partial charge in [-0.2, -0.15) is 5.11 Å². The van der Waals surface area contributed by atoms with Gasteiger partial charge in [0.1, 0.15) is 6.04 Å². The summed E-state index contributed by atoms with van der Waals surface area (Å²) in [7, 11) is 1.52. The number of pyridine rings is 1. The molecule has 1 rings (SSSR count). The molecule has 12 heteroatoms. The summed E-state index contributed by atoms with van der Waals surface area (Å²) in [6, 6.07) is 0.976. The topological polar surface area (TPSA) is 182 Å². The molecule has 0 radical (unpaired) electrons. The largest absolute Gasteiger partial charge is 0.481 e.